The summed E-state index contributed by atoms with van der Waals surface area (Å²) in [6.45, 7) is -0.376. The minimum absolute atomic E-state index is 0.181. The van der Waals surface area contributed by atoms with Gasteiger partial charge < -0.3 is 10.1 Å². The van der Waals surface area contributed by atoms with Crippen molar-refractivity contribution in [2.24, 2.45) is 0 Å². The molecule has 136 valence electrons. The lowest BCUT2D eigenvalue weighted by Gasteiger charge is -2.27. The summed E-state index contributed by atoms with van der Waals surface area (Å²) in [7, 11) is 0. The van der Waals surface area contributed by atoms with Crippen molar-refractivity contribution in [2.75, 3.05) is 11.9 Å². The van der Waals surface area contributed by atoms with E-state index in [9.17, 15) is 9.59 Å². The van der Waals surface area contributed by atoms with Gasteiger partial charge in [0.2, 0.25) is 0 Å². The molecule has 1 aromatic heterocycles. The van der Waals surface area contributed by atoms with Gasteiger partial charge in [-0.15, -0.1) is 0 Å². The first-order chi connectivity index (χ1) is 12.5. The number of esters is 1. The summed E-state index contributed by atoms with van der Waals surface area (Å²) >= 11 is 11.9. The van der Waals surface area contributed by atoms with E-state index in [2.05, 4.69) is 10.3 Å². The third kappa shape index (κ3) is 4.00. The number of carbonyl (C=O) groups is 2. The van der Waals surface area contributed by atoms with Gasteiger partial charge in [-0.2, -0.15) is 0 Å². The monoisotopic (exact) mass is 392 g/mol. The van der Waals surface area contributed by atoms with Gasteiger partial charge in [-0.25, -0.2) is 4.98 Å². The number of nitrogens with zero attached hydrogens (tertiary/aromatic N) is 1. The summed E-state index contributed by atoms with van der Waals surface area (Å²) in [4.78, 5) is 28.8. The Hall–Kier alpha value is -2.11. The van der Waals surface area contributed by atoms with Crippen molar-refractivity contribution in [2.45, 2.75) is 31.1 Å². The summed E-state index contributed by atoms with van der Waals surface area (Å²) in [5.41, 5.74) is 0.542. The fourth-order valence-electron chi connectivity index (χ4n) is 3.29. The van der Waals surface area contributed by atoms with Crippen LogP contribution >= 0.6 is 23.2 Å². The van der Waals surface area contributed by atoms with Crippen LogP contribution in [0.5, 0.6) is 0 Å². The van der Waals surface area contributed by atoms with Crippen LogP contribution in [0, 0.1) is 0 Å². The first kappa shape index (κ1) is 18.7. The molecule has 5 nitrogen and oxygen atoms in total. The second-order valence-electron chi connectivity index (χ2n) is 6.26. The van der Waals surface area contributed by atoms with Crippen LogP contribution in [0.15, 0.2) is 42.6 Å². The highest BCUT2D eigenvalue weighted by atomic mass is 35.5. The lowest BCUT2D eigenvalue weighted by atomic mass is 9.79. The topological polar surface area (TPSA) is 68.3 Å². The third-order valence-electron chi connectivity index (χ3n) is 4.61. The lowest BCUT2D eigenvalue weighted by molar-refractivity contribution is -0.153. The highest BCUT2D eigenvalue weighted by Gasteiger charge is 2.44. The number of pyridine rings is 1. The molecule has 0 radical (unpaired) electrons. The van der Waals surface area contributed by atoms with Crippen LogP contribution in [0.4, 0.5) is 5.69 Å². The summed E-state index contributed by atoms with van der Waals surface area (Å²) in [5, 5.41) is 3.38. The zero-order valence-electron chi connectivity index (χ0n) is 14.0. The summed E-state index contributed by atoms with van der Waals surface area (Å²) in [6.07, 6.45) is 4.80. The molecule has 1 aliphatic carbocycles. The molecule has 0 atom stereocenters. The van der Waals surface area contributed by atoms with Gasteiger partial charge in [0.05, 0.1) is 11.1 Å². The van der Waals surface area contributed by atoms with Crippen molar-refractivity contribution in [1.29, 1.82) is 0 Å². The number of rotatable bonds is 5. The van der Waals surface area contributed by atoms with Crippen molar-refractivity contribution in [3.8, 4) is 0 Å². The molecule has 0 unspecified atom stereocenters. The number of nitrogens with one attached hydrogen (secondary N) is 1. The summed E-state index contributed by atoms with van der Waals surface area (Å²) in [6, 6.07) is 10.5. The van der Waals surface area contributed by atoms with E-state index in [0.717, 1.165) is 18.4 Å². The molecule has 1 aromatic carbocycles. The predicted molar refractivity (Wildman–Crippen MR) is 100 cm³/mol. The van der Waals surface area contributed by atoms with Crippen LogP contribution < -0.4 is 5.32 Å². The second kappa shape index (κ2) is 8.06. The molecule has 1 amide bonds. The summed E-state index contributed by atoms with van der Waals surface area (Å²) in [5.74, 6) is -0.845. The molecule has 7 heteroatoms. The molecule has 1 heterocycles. The van der Waals surface area contributed by atoms with E-state index in [1.54, 1.807) is 24.3 Å². The maximum atomic E-state index is 12.8. The average molecular weight is 393 g/mol. The maximum absolute atomic E-state index is 12.8. The number of hydrogen-bond donors (Lipinski definition) is 1. The van der Waals surface area contributed by atoms with Crippen molar-refractivity contribution in [3.63, 3.8) is 0 Å². The number of ether oxygens (including phenoxy) is 1. The Morgan fingerprint density at radius 1 is 1.12 bits per heavy atom. The molecule has 0 spiro atoms. The van der Waals surface area contributed by atoms with E-state index in [-0.39, 0.29) is 17.7 Å². The van der Waals surface area contributed by atoms with Crippen LogP contribution in [0.3, 0.4) is 0 Å². The Morgan fingerprint density at radius 3 is 2.46 bits per heavy atom. The lowest BCUT2D eigenvalue weighted by Crippen LogP contribution is -2.36. The molecule has 2 aromatic rings. The minimum Gasteiger partial charge on any atom is -0.455 e. The Kier molecular flexibility index (Phi) is 5.79. The van der Waals surface area contributed by atoms with Crippen molar-refractivity contribution in [3.05, 3.63) is 58.3 Å². The van der Waals surface area contributed by atoms with Crippen LogP contribution in [0.25, 0.3) is 0 Å². The zero-order chi connectivity index (χ0) is 18.6. The minimum atomic E-state index is -0.711. The summed E-state index contributed by atoms with van der Waals surface area (Å²) < 4.78 is 5.34. The van der Waals surface area contributed by atoms with Gasteiger partial charge in [0.1, 0.15) is 0 Å². The predicted octanol–water partition coefficient (Wildman–Crippen LogP) is 4.38. The van der Waals surface area contributed by atoms with E-state index in [4.69, 9.17) is 27.9 Å². The number of amides is 1. The zero-order valence-corrected chi connectivity index (χ0v) is 15.5. The number of anilines is 1. The fraction of sp³-hybridized carbons (Fsp3) is 0.316. The average Bonchev–Trinajstić information content (AvgIpc) is 3.13. The first-order valence-electron chi connectivity index (χ1n) is 8.35. The molecule has 1 aliphatic rings. The maximum Gasteiger partial charge on any atom is 0.317 e. The smallest absolute Gasteiger partial charge is 0.317 e. The Morgan fingerprint density at radius 2 is 1.81 bits per heavy atom. The standard InChI is InChI=1S/C19H18Cl2N2O3/c20-14-7-5-13(6-8-14)19(9-1-2-10-19)18(25)26-12-16(24)23-15-4-3-11-22-17(15)21/h3-8,11H,1-2,9-10,12H2,(H,23,24). The number of carbonyl (C=O) groups excluding carboxylic acids is 2. The van der Waals surface area contributed by atoms with Crippen LogP contribution in [-0.2, 0) is 19.7 Å². The fourth-order valence-corrected chi connectivity index (χ4v) is 3.59. The van der Waals surface area contributed by atoms with E-state index < -0.39 is 11.3 Å². The molecular formula is C19H18Cl2N2O3. The number of hydrogen-bond acceptors (Lipinski definition) is 4. The highest BCUT2D eigenvalue weighted by Crippen LogP contribution is 2.42. The van der Waals surface area contributed by atoms with Gasteiger partial charge >= 0.3 is 5.97 Å². The molecule has 0 saturated heterocycles. The highest BCUT2D eigenvalue weighted by molar-refractivity contribution is 6.32. The largest absolute Gasteiger partial charge is 0.455 e. The van der Waals surface area contributed by atoms with Crippen LogP contribution in [-0.4, -0.2) is 23.5 Å². The van der Waals surface area contributed by atoms with E-state index in [1.807, 2.05) is 12.1 Å². The first-order valence-corrected chi connectivity index (χ1v) is 9.10. The molecular weight excluding hydrogens is 375 g/mol. The molecule has 1 fully saturated rings. The van der Waals surface area contributed by atoms with Gasteiger partial charge in [-0.3, -0.25) is 9.59 Å². The van der Waals surface area contributed by atoms with Gasteiger partial charge in [-0.05, 0) is 42.7 Å². The van der Waals surface area contributed by atoms with Crippen LogP contribution in [0.2, 0.25) is 10.2 Å². The third-order valence-corrected chi connectivity index (χ3v) is 5.17. The Balaban J connectivity index is 1.66. The van der Waals surface area contributed by atoms with Gasteiger partial charge in [0.15, 0.2) is 11.8 Å². The SMILES string of the molecule is O=C(COC(=O)C1(c2ccc(Cl)cc2)CCCC1)Nc1cccnc1Cl. The Labute approximate surface area is 161 Å². The van der Waals surface area contributed by atoms with Crippen LogP contribution in [0.1, 0.15) is 31.2 Å². The quantitative estimate of drug-likeness (QED) is 0.605. The molecule has 0 bridgehead atoms. The number of halogens is 2. The molecule has 1 N–H and O–H groups in total. The van der Waals surface area contributed by atoms with Gasteiger partial charge in [-0.1, -0.05) is 48.2 Å². The molecule has 0 aliphatic heterocycles. The van der Waals surface area contributed by atoms with E-state index in [1.165, 1.54) is 6.20 Å². The number of benzene rings is 1. The normalized spacial score (nSPS) is 15.5. The number of aromatic nitrogens is 1. The van der Waals surface area contributed by atoms with Crippen molar-refractivity contribution < 1.29 is 14.3 Å². The molecule has 26 heavy (non-hydrogen) atoms. The molecule has 1 saturated carbocycles. The Bertz CT molecular complexity index is 803. The van der Waals surface area contributed by atoms with E-state index >= 15 is 0 Å². The van der Waals surface area contributed by atoms with Gasteiger partial charge in [0, 0.05) is 11.2 Å². The second-order valence-corrected chi connectivity index (χ2v) is 7.06. The van der Waals surface area contributed by atoms with E-state index in [0.29, 0.717) is 23.6 Å². The van der Waals surface area contributed by atoms with Crippen molar-refractivity contribution >= 4 is 40.8 Å². The molecule has 3 rings (SSSR count). The van der Waals surface area contributed by atoms with Crippen molar-refractivity contribution in [1.82, 2.24) is 4.98 Å². The van der Waals surface area contributed by atoms with Gasteiger partial charge in [0.25, 0.3) is 5.91 Å².